The van der Waals surface area contributed by atoms with Gasteiger partial charge in [0.2, 0.25) is 0 Å². The smallest absolute Gasteiger partial charge is 0.306 e. The quantitative estimate of drug-likeness (QED) is 0.150. The molecular weight excluding hydrogens is 1060 g/mol. The van der Waals surface area contributed by atoms with E-state index in [0.29, 0.717) is 37.0 Å². The van der Waals surface area contributed by atoms with Crippen LogP contribution in [-0.4, -0.2) is 60.3 Å². The molecule has 6 heterocycles. The number of allylic oxidation sites excluding steroid dienone is 9. The van der Waals surface area contributed by atoms with Gasteiger partial charge in [0, 0.05) is 53.7 Å². The first kappa shape index (κ1) is 57.2. The summed E-state index contributed by atoms with van der Waals surface area (Å²) in [6.07, 6.45) is 38.4. The van der Waals surface area contributed by atoms with Gasteiger partial charge in [-0.3, -0.25) is 4.79 Å². The van der Waals surface area contributed by atoms with Crippen molar-refractivity contribution in [1.29, 1.82) is 0 Å². The van der Waals surface area contributed by atoms with Gasteiger partial charge in [-0.2, -0.15) is 0 Å². The van der Waals surface area contributed by atoms with Crippen LogP contribution in [0.1, 0.15) is 171 Å². The molecule has 16 aliphatic rings. The van der Waals surface area contributed by atoms with Crippen LogP contribution in [0, 0.1) is 79.8 Å². The van der Waals surface area contributed by atoms with Crippen molar-refractivity contribution in [3.8, 4) is 0 Å². The first-order valence-electron chi connectivity index (χ1n) is 34.5. The van der Waals surface area contributed by atoms with Crippen molar-refractivity contribution in [2.45, 2.75) is 180 Å². The number of carboxylic acid groups (broad SMARTS) is 1. The van der Waals surface area contributed by atoms with Crippen LogP contribution < -0.4 is 21.1 Å². The third kappa shape index (κ3) is 8.65. The predicted octanol–water partition coefficient (Wildman–Crippen LogP) is 14.1. The fourth-order valence-electron chi connectivity index (χ4n) is 23.8. The average Bonchev–Trinajstić information content (AvgIpc) is 1.08. The number of aliphatic carboxylic acids is 1. The number of nitrogens with one attached hydrogen (secondary N) is 2. The van der Waals surface area contributed by atoms with Crippen LogP contribution in [0.5, 0.6) is 0 Å². The highest BCUT2D eigenvalue weighted by atomic mass is 16.5. The Morgan fingerprint density at radius 1 is 0.826 bits per heavy atom. The molecule has 454 valence electrons. The van der Waals surface area contributed by atoms with Gasteiger partial charge in [0.25, 0.3) is 0 Å². The molecule has 15 bridgehead atoms. The van der Waals surface area contributed by atoms with Gasteiger partial charge in [-0.25, -0.2) is 0 Å². The van der Waals surface area contributed by atoms with Gasteiger partial charge >= 0.3 is 5.97 Å². The Labute approximate surface area is 513 Å². The predicted molar refractivity (Wildman–Crippen MR) is 345 cm³/mol. The second kappa shape index (κ2) is 21.8. The third-order valence-corrected chi connectivity index (χ3v) is 27.3. The Morgan fingerprint density at radius 2 is 1.63 bits per heavy atom. The summed E-state index contributed by atoms with van der Waals surface area (Å²) in [6, 6.07) is 28.0. The normalized spacial score (nSPS) is 39.8. The molecule has 86 heavy (non-hydrogen) atoms. The van der Waals surface area contributed by atoms with Crippen LogP contribution in [-0.2, 0) is 28.8 Å². The number of hydrogen-bond donors (Lipinski definition) is 5. The molecular formula is C79H98N2O5. The molecule has 0 radical (unpaired) electrons. The van der Waals surface area contributed by atoms with Gasteiger partial charge in [-0.05, 0) is 231 Å². The van der Waals surface area contributed by atoms with E-state index in [1.807, 2.05) is 0 Å². The minimum Gasteiger partial charge on any atom is -0.481 e. The van der Waals surface area contributed by atoms with E-state index >= 15 is 0 Å². The number of carboxylic acids is 1. The van der Waals surface area contributed by atoms with Crippen molar-refractivity contribution < 1.29 is 24.9 Å². The number of aliphatic hydroxyl groups is 2. The van der Waals surface area contributed by atoms with Gasteiger partial charge < -0.3 is 30.7 Å². The number of dihydropyridines is 1. The van der Waals surface area contributed by atoms with E-state index in [4.69, 9.17) is 11.3 Å². The second-order valence-corrected chi connectivity index (χ2v) is 30.8. The van der Waals surface area contributed by atoms with E-state index in [1.165, 1.54) is 87.1 Å². The first-order chi connectivity index (χ1) is 41.7. The van der Waals surface area contributed by atoms with Gasteiger partial charge in [0.15, 0.2) is 0 Å². The van der Waals surface area contributed by atoms with Crippen LogP contribution >= 0.6 is 0 Å². The standard InChI is InChI=1S/C79H98N2O5/c1-50-20-26-62(72(84)85)71-68(82)48-79-67-47-76-34-12-33-74(2)69(83)31-38-78(73(74)76,66(67)45-59(75(71,79)3)30-37-77(79)35-28-53(29-36-77)41-52-23-21-51(22-24-52)32-40-86-4)65-44-57-16-8-9-18-61(57)63(64(65)46-76)43-54-13-10-17-56(42-54)58-25-27-70(81-49-58)80-39-11-19-60(50)55-14-6-5-7-15-55/h8-10,12-13,16-18,21-25,27,34,42,44,46,53,55,59-60,62,65,68-69,71,73,80-83H,1,5-7,11,14-15,19-20,26,28-33,35-41,43,45,47-49H2,2-4H3,(H,84,85)/t53?,59-,60+,62+,65+,68+,69-,71-,73+,74+,75+,76+,77?,78-,79+/m0/s1. The number of fused-ring (bicyclic) bond motifs is 1. The number of aliphatic hydroxyl groups excluding tert-OH is 2. The molecule has 3 aromatic carbocycles. The number of benzene rings is 3. The molecule has 7 nitrogen and oxygen atoms in total. The minimum atomic E-state index is -0.729. The van der Waals surface area contributed by atoms with Crippen molar-refractivity contribution in [2.75, 3.05) is 26.8 Å². The largest absolute Gasteiger partial charge is 0.481 e. The van der Waals surface area contributed by atoms with E-state index in [9.17, 15) is 20.1 Å². The monoisotopic (exact) mass is 1150 g/mol. The summed E-state index contributed by atoms with van der Waals surface area (Å²) in [7, 11) is 1.78. The molecule has 0 unspecified atom stereocenters. The van der Waals surface area contributed by atoms with Gasteiger partial charge in [0.05, 0.1) is 30.6 Å². The van der Waals surface area contributed by atoms with E-state index in [0.717, 1.165) is 128 Å². The lowest BCUT2D eigenvalue weighted by molar-refractivity contribution is -0.198. The van der Waals surface area contributed by atoms with Crippen LogP contribution in [0.15, 0.2) is 138 Å². The maximum atomic E-state index is 14.7. The van der Waals surface area contributed by atoms with E-state index in [1.54, 1.807) is 18.3 Å². The number of hydrogen-bond acceptors (Lipinski definition) is 6. The Bertz CT molecular complexity index is 3480. The zero-order chi connectivity index (χ0) is 58.8. The maximum absolute atomic E-state index is 14.7. The van der Waals surface area contributed by atoms with Crippen molar-refractivity contribution in [3.05, 3.63) is 171 Å². The summed E-state index contributed by atoms with van der Waals surface area (Å²) < 4.78 is 5.43. The van der Waals surface area contributed by atoms with E-state index in [2.05, 4.69) is 134 Å². The summed E-state index contributed by atoms with van der Waals surface area (Å²) >= 11 is 0. The van der Waals surface area contributed by atoms with E-state index < -0.39 is 29.5 Å². The number of ether oxygens (including phenoxy) is 1. The lowest BCUT2D eigenvalue weighted by atomic mass is 9.27. The minimum absolute atomic E-state index is 0.0761. The SMILES string of the molecule is C=C1CC[C@@H](C(=O)O)[C@H]2[C@H](O)C[C@]34C5=C(C[C@H](CCC36CCC(Cc3ccc(CCOC)cc3)CC6)[C@]24C)[C@]23CC[C@H](O)[C@@]4(C)CC=C[C@@](C=C6C(=c7ccccc7=C[C@H]62)Cc2cccc(c2)C2=CC=C(NCCC[C@H]1C1CCCCC1)NC2)(C5)[C@@H]43. The highest BCUT2D eigenvalue weighted by Gasteiger charge is 2.80. The molecule has 3 spiro atoms. The Hall–Kier alpha value is -5.21. The fourth-order valence-corrected chi connectivity index (χ4v) is 23.8. The molecule has 5 saturated carbocycles. The fraction of sp³-hybridized carbons (Fsp3) is 0.582. The van der Waals surface area contributed by atoms with Crippen molar-refractivity contribution in [1.82, 2.24) is 10.6 Å². The molecule has 13 atom stereocenters. The second-order valence-electron chi connectivity index (χ2n) is 30.8. The highest BCUT2D eigenvalue weighted by Crippen LogP contribution is 2.86. The van der Waals surface area contributed by atoms with Gasteiger partial charge in [-0.1, -0.05) is 160 Å². The van der Waals surface area contributed by atoms with Crippen molar-refractivity contribution >= 4 is 23.2 Å². The molecule has 5 N–H and O–H groups in total. The summed E-state index contributed by atoms with van der Waals surface area (Å²) in [6.45, 7) is 12.4. The molecule has 0 saturated heterocycles. The average molecular weight is 1160 g/mol. The summed E-state index contributed by atoms with van der Waals surface area (Å²) in [5.74, 6) is 1.37. The number of methoxy groups -OCH3 is 1. The third-order valence-electron chi connectivity index (χ3n) is 27.3. The Morgan fingerprint density at radius 3 is 2.42 bits per heavy atom. The molecule has 3 aromatic rings. The van der Waals surface area contributed by atoms with E-state index in [-0.39, 0.29) is 50.7 Å². The van der Waals surface area contributed by atoms with Crippen LogP contribution in [0.4, 0.5) is 0 Å². The number of rotatable bonds is 7. The molecule has 10 aliphatic carbocycles. The highest BCUT2D eigenvalue weighted by molar-refractivity contribution is 5.78. The van der Waals surface area contributed by atoms with Crippen LogP contribution in [0.2, 0.25) is 0 Å². The topological polar surface area (TPSA) is 111 Å². The summed E-state index contributed by atoms with van der Waals surface area (Å²) in [4.78, 5) is 14.7. The Kier molecular flexibility index (Phi) is 14.5. The molecule has 0 amide bonds. The van der Waals surface area contributed by atoms with Crippen LogP contribution in [0.25, 0.3) is 17.2 Å². The summed E-state index contributed by atoms with van der Waals surface area (Å²) in [5.41, 5.74) is 12.3. The Balaban J connectivity index is 0.913. The molecule has 6 aliphatic heterocycles. The zero-order valence-electron chi connectivity index (χ0n) is 52.1. The maximum Gasteiger partial charge on any atom is 0.306 e. The number of carbonyl (C=O) groups is 1. The van der Waals surface area contributed by atoms with Crippen LogP contribution in [0.3, 0.4) is 0 Å². The molecule has 5 fully saturated rings. The van der Waals surface area contributed by atoms with Gasteiger partial charge in [-0.15, -0.1) is 0 Å². The van der Waals surface area contributed by atoms with Crippen molar-refractivity contribution in [3.63, 3.8) is 0 Å². The molecule has 19 rings (SSSR count). The van der Waals surface area contributed by atoms with Gasteiger partial charge in [0.1, 0.15) is 0 Å². The summed E-state index contributed by atoms with van der Waals surface area (Å²) in [5, 5.41) is 48.8. The molecule has 7 heteroatoms. The lowest BCUT2D eigenvalue weighted by Gasteiger charge is -2.76. The van der Waals surface area contributed by atoms with Crippen molar-refractivity contribution in [2.24, 2.45) is 79.8 Å². The molecule has 0 aromatic heterocycles. The zero-order valence-corrected chi connectivity index (χ0v) is 52.1. The first-order valence-corrected chi connectivity index (χ1v) is 34.5. The lowest BCUT2D eigenvalue weighted by Crippen LogP contribution is -2.70.